The van der Waals surface area contributed by atoms with Crippen molar-refractivity contribution in [2.75, 3.05) is 13.8 Å². The number of rotatable bonds is 9. The van der Waals surface area contributed by atoms with E-state index >= 15 is 0 Å². The Morgan fingerprint density at radius 3 is 2.09 bits per heavy atom. The first-order valence-electron chi connectivity index (χ1n) is 12.5. The zero-order valence-electron chi connectivity index (χ0n) is 22.9. The maximum Gasteiger partial charge on any atom is 0.310 e. The van der Waals surface area contributed by atoms with Gasteiger partial charge in [0, 0.05) is 18.2 Å². The summed E-state index contributed by atoms with van der Waals surface area (Å²) in [5.41, 5.74) is 0.282. The van der Waals surface area contributed by atoms with E-state index in [9.17, 15) is 9.90 Å². The van der Waals surface area contributed by atoms with Gasteiger partial charge in [-0.05, 0) is 60.2 Å². The van der Waals surface area contributed by atoms with E-state index in [1.807, 2.05) is 0 Å². The number of carbonyl (C=O) groups is 1. The molecule has 7 unspecified atom stereocenters. The highest BCUT2D eigenvalue weighted by molar-refractivity contribution is 7.59. The predicted molar refractivity (Wildman–Crippen MR) is 135 cm³/mol. The molecule has 0 aromatic heterocycles. The van der Waals surface area contributed by atoms with E-state index in [1.165, 1.54) is 6.42 Å². The maximum atomic E-state index is 13.9. The van der Waals surface area contributed by atoms with Crippen LogP contribution in [0.1, 0.15) is 94.9 Å². The Bertz CT molecular complexity index is 665. The summed E-state index contributed by atoms with van der Waals surface area (Å²) in [6.45, 7) is 24.6. The Labute approximate surface area is 199 Å². The van der Waals surface area contributed by atoms with Crippen LogP contribution in [0.15, 0.2) is 0 Å². The molecular weight excluding hydrogens is 419 g/mol. The zero-order valence-corrected chi connectivity index (χ0v) is 23.8. The lowest BCUT2D eigenvalue weighted by Gasteiger charge is -2.47. The van der Waals surface area contributed by atoms with Crippen molar-refractivity contribution in [2.45, 2.75) is 118 Å². The minimum Gasteiger partial charge on any atom is -0.462 e. The standard InChI is InChI=1S/C27H51O4P/c1-17(2)21(23(29)30-11)32(12)26(8,9)19(16-24(3,4)5)22(28)31-20-15-18-13-14-27(20,10)25(18,6)7/h17-21,23,29H,13-16H2,1-12H3. The van der Waals surface area contributed by atoms with Crippen molar-refractivity contribution in [1.82, 2.24) is 0 Å². The van der Waals surface area contributed by atoms with Crippen LogP contribution in [-0.2, 0) is 14.3 Å². The molecule has 0 spiro atoms. The fourth-order valence-electron chi connectivity index (χ4n) is 6.50. The zero-order chi connectivity index (χ0) is 24.9. The Morgan fingerprint density at radius 1 is 1.16 bits per heavy atom. The van der Waals surface area contributed by atoms with Gasteiger partial charge in [-0.3, -0.25) is 4.79 Å². The Balaban J connectivity index is 2.33. The van der Waals surface area contributed by atoms with Crippen molar-refractivity contribution in [3.8, 4) is 0 Å². The predicted octanol–water partition coefficient (Wildman–Crippen LogP) is 6.68. The Hall–Kier alpha value is -0.180. The molecule has 0 aromatic carbocycles. The van der Waals surface area contributed by atoms with Gasteiger partial charge in [0.05, 0.1) is 5.92 Å². The minimum absolute atomic E-state index is 0.000730. The van der Waals surface area contributed by atoms with Crippen molar-refractivity contribution >= 4 is 13.9 Å². The molecule has 2 saturated carbocycles. The van der Waals surface area contributed by atoms with Gasteiger partial charge in [0.1, 0.15) is 6.10 Å². The molecule has 4 nitrogen and oxygen atoms in total. The van der Waals surface area contributed by atoms with E-state index in [0.717, 1.165) is 19.3 Å². The van der Waals surface area contributed by atoms with Crippen molar-refractivity contribution < 1.29 is 19.4 Å². The van der Waals surface area contributed by atoms with Gasteiger partial charge in [-0.1, -0.05) is 77.2 Å². The molecule has 2 aliphatic carbocycles. The lowest BCUT2D eigenvalue weighted by Crippen LogP contribution is -2.46. The third-order valence-corrected chi connectivity index (χ3v) is 13.4. The Morgan fingerprint density at radius 2 is 1.72 bits per heavy atom. The number of carbonyl (C=O) groups excluding carboxylic acids is 1. The van der Waals surface area contributed by atoms with Crippen LogP contribution >= 0.6 is 7.92 Å². The lowest BCUT2D eigenvalue weighted by molar-refractivity contribution is -0.164. The molecule has 0 aromatic rings. The van der Waals surface area contributed by atoms with E-state index in [1.54, 1.807) is 7.11 Å². The van der Waals surface area contributed by atoms with Gasteiger partial charge in [-0.15, -0.1) is 0 Å². The number of hydrogen-bond acceptors (Lipinski definition) is 4. The lowest BCUT2D eigenvalue weighted by atomic mass is 9.70. The Kier molecular flexibility index (Phi) is 8.30. The molecule has 2 rings (SSSR count). The molecule has 2 aliphatic rings. The first-order chi connectivity index (χ1) is 14.4. The van der Waals surface area contributed by atoms with E-state index in [-0.39, 0.29) is 51.0 Å². The minimum atomic E-state index is -0.818. The summed E-state index contributed by atoms with van der Waals surface area (Å²) >= 11 is 0. The highest BCUT2D eigenvalue weighted by Crippen LogP contribution is 2.66. The largest absolute Gasteiger partial charge is 0.462 e. The molecule has 0 saturated heterocycles. The summed E-state index contributed by atoms with van der Waals surface area (Å²) in [5, 5.41) is 10.4. The van der Waals surface area contributed by atoms with E-state index in [2.05, 4.69) is 75.9 Å². The van der Waals surface area contributed by atoms with Crippen LogP contribution in [0.3, 0.4) is 0 Å². The molecular formula is C27H51O4P. The van der Waals surface area contributed by atoms with Crippen molar-refractivity contribution in [3.63, 3.8) is 0 Å². The molecule has 0 radical (unpaired) electrons. The quantitative estimate of drug-likeness (QED) is 0.232. The van der Waals surface area contributed by atoms with E-state index in [0.29, 0.717) is 5.92 Å². The summed E-state index contributed by atoms with van der Waals surface area (Å²) in [7, 11) is 0.836. The van der Waals surface area contributed by atoms with Crippen molar-refractivity contribution in [1.29, 1.82) is 0 Å². The SMILES string of the molecule is COC(O)C(C(C)C)P(C)C(C)(C)C(CC(C)(C)C)C(=O)OC1CC2CCC1(C)C2(C)C. The smallest absolute Gasteiger partial charge is 0.310 e. The molecule has 7 atom stereocenters. The summed E-state index contributed by atoms with van der Waals surface area (Å²) in [6.07, 6.45) is 3.36. The van der Waals surface area contributed by atoms with Crippen LogP contribution in [-0.4, -0.2) is 48.1 Å². The molecule has 188 valence electrons. The normalized spacial score (nSPS) is 31.4. The average Bonchev–Trinajstić information content (AvgIpc) is 2.98. The fraction of sp³-hybridized carbons (Fsp3) is 0.963. The number of methoxy groups -OCH3 is 1. The van der Waals surface area contributed by atoms with E-state index < -0.39 is 14.2 Å². The van der Waals surface area contributed by atoms with Gasteiger partial charge in [0.25, 0.3) is 0 Å². The molecule has 2 fully saturated rings. The highest BCUT2D eigenvalue weighted by atomic mass is 31.1. The monoisotopic (exact) mass is 470 g/mol. The fourth-order valence-corrected chi connectivity index (χ4v) is 9.36. The van der Waals surface area contributed by atoms with Crippen molar-refractivity contribution in [3.05, 3.63) is 0 Å². The second-order valence-corrected chi connectivity index (χ2v) is 16.4. The summed E-state index contributed by atoms with van der Waals surface area (Å²) < 4.78 is 11.8. The highest BCUT2D eigenvalue weighted by Gasteiger charge is 2.63. The van der Waals surface area contributed by atoms with Gasteiger partial charge >= 0.3 is 5.97 Å². The first-order valence-corrected chi connectivity index (χ1v) is 14.4. The van der Waals surface area contributed by atoms with Gasteiger partial charge in [0.2, 0.25) is 0 Å². The molecule has 5 heteroatoms. The molecule has 2 bridgehead atoms. The van der Waals surface area contributed by atoms with Crippen LogP contribution < -0.4 is 0 Å². The maximum absolute atomic E-state index is 13.9. The molecule has 1 N–H and O–H groups in total. The molecule has 0 amide bonds. The van der Waals surface area contributed by atoms with Gasteiger partial charge in [-0.2, -0.15) is 0 Å². The topological polar surface area (TPSA) is 55.8 Å². The first kappa shape index (κ1) is 28.1. The third-order valence-electron chi connectivity index (χ3n) is 9.50. The van der Waals surface area contributed by atoms with Gasteiger partial charge < -0.3 is 14.6 Å². The number of fused-ring (bicyclic) bond motifs is 2. The number of esters is 1. The van der Waals surface area contributed by atoms with Crippen LogP contribution in [0.4, 0.5) is 0 Å². The molecule has 0 heterocycles. The second-order valence-electron chi connectivity index (χ2n) is 13.5. The number of aliphatic hydroxyl groups excluding tert-OH is 1. The second kappa shape index (κ2) is 9.46. The van der Waals surface area contributed by atoms with Crippen molar-refractivity contribution in [2.24, 2.45) is 34.0 Å². The van der Waals surface area contributed by atoms with Crippen LogP contribution in [0, 0.1) is 34.0 Å². The van der Waals surface area contributed by atoms with E-state index in [4.69, 9.17) is 9.47 Å². The molecule has 32 heavy (non-hydrogen) atoms. The summed E-state index contributed by atoms with van der Waals surface area (Å²) in [5.74, 6) is 0.653. The van der Waals surface area contributed by atoms with Crippen LogP contribution in [0.2, 0.25) is 0 Å². The summed E-state index contributed by atoms with van der Waals surface area (Å²) in [4.78, 5) is 13.9. The molecule has 0 aliphatic heterocycles. The van der Waals surface area contributed by atoms with Crippen LogP contribution in [0.5, 0.6) is 0 Å². The number of hydrogen-bond donors (Lipinski definition) is 1. The number of ether oxygens (including phenoxy) is 2. The third kappa shape index (κ3) is 5.08. The summed E-state index contributed by atoms with van der Waals surface area (Å²) in [6, 6.07) is 0. The average molecular weight is 471 g/mol. The van der Waals surface area contributed by atoms with Gasteiger partial charge in [0.15, 0.2) is 6.29 Å². The number of aliphatic hydroxyl groups is 1. The van der Waals surface area contributed by atoms with Crippen LogP contribution in [0.25, 0.3) is 0 Å². The van der Waals surface area contributed by atoms with Gasteiger partial charge in [-0.25, -0.2) is 0 Å².